The first kappa shape index (κ1) is 16.2. The number of halogens is 1. The molecule has 0 bridgehead atoms. The van der Waals surface area contributed by atoms with Gasteiger partial charge in [-0.25, -0.2) is 5.43 Å². The lowest BCUT2D eigenvalue weighted by molar-refractivity contribution is -0.123. The monoisotopic (exact) mass is 360 g/mol. The molecule has 0 aliphatic carbocycles. The van der Waals surface area contributed by atoms with E-state index < -0.39 is 0 Å². The van der Waals surface area contributed by atoms with Crippen molar-refractivity contribution in [3.63, 3.8) is 0 Å². The van der Waals surface area contributed by atoms with Crippen LogP contribution in [0.15, 0.2) is 58.1 Å². The maximum Gasteiger partial charge on any atom is 0.277 e. The Balaban J connectivity index is 1.90. The summed E-state index contributed by atoms with van der Waals surface area (Å²) in [6.07, 6.45) is 0. The summed E-state index contributed by atoms with van der Waals surface area (Å²) in [5.41, 5.74) is 5.16. The number of aryl methyl sites for hydroxylation is 1. The lowest BCUT2D eigenvalue weighted by Crippen LogP contribution is -2.25. The van der Waals surface area contributed by atoms with E-state index in [-0.39, 0.29) is 12.5 Å². The molecule has 2 rings (SSSR count). The Morgan fingerprint density at radius 2 is 2.00 bits per heavy atom. The predicted octanol–water partition coefficient (Wildman–Crippen LogP) is 3.68. The number of amides is 1. The van der Waals surface area contributed by atoms with Crippen molar-refractivity contribution >= 4 is 27.5 Å². The predicted molar refractivity (Wildman–Crippen MR) is 91.2 cm³/mol. The lowest BCUT2D eigenvalue weighted by Gasteiger charge is -2.08. The van der Waals surface area contributed by atoms with Crippen molar-refractivity contribution in [3.05, 3.63) is 64.1 Å². The molecule has 4 nitrogen and oxygen atoms in total. The zero-order chi connectivity index (χ0) is 15.9. The molecule has 0 radical (unpaired) electrons. The standard InChI is InChI=1S/C17H17BrN2O2/c1-12-6-3-4-9-16(12)22-11-17(21)20-19-13(2)14-7-5-8-15(18)10-14/h3-10H,11H2,1-2H3,(H,20,21)/b19-13-. The van der Waals surface area contributed by atoms with E-state index in [1.807, 2.05) is 62.4 Å². The van der Waals surface area contributed by atoms with Crippen LogP contribution in [0.4, 0.5) is 0 Å². The fourth-order valence-electron chi connectivity index (χ4n) is 1.82. The van der Waals surface area contributed by atoms with Gasteiger partial charge in [0.1, 0.15) is 5.75 Å². The van der Waals surface area contributed by atoms with Crippen molar-refractivity contribution in [2.45, 2.75) is 13.8 Å². The van der Waals surface area contributed by atoms with Gasteiger partial charge in [0.2, 0.25) is 0 Å². The van der Waals surface area contributed by atoms with Crippen LogP contribution in [-0.4, -0.2) is 18.2 Å². The second-order valence-electron chi connectivity index (χ2n) is 4.80. The average molecular weight is 361 g/mol. The Morgan fingerprint density at radius 1 is 1.23 bits per heavy atom. The third-order valence-corrected chi connectivity index (χ3v) is 3.54. The van der Waals surface area contributed by atoms with E-state index >= 15 is 0 Å². The molecular weight excluding hydrogens is 344 g/mol. The first-order valence-electron chi connectivity index (χ1n) is 6.84. The van der Waals surface area contributed by atoms with Crippen LogP contribution in [0.3, 0.4) is 0 Å². The maximum absolute atomic E-state index is 11.8. The quantitative estimate of drug-likeness (QED) is 0.653. The van der Waals surface area contributed by atoms with Gasteiger partial charge in [-0.05, 0) is 43.2 Å². The summed E-state index contributed by atoms with van der Waals surface area (Å²) in [4.78, 5) is 11.8. The first-order chi connectivity index (χ1) is 10.6. The van der Waals surface area contributed by atoms with Crippen molar-refractivity contribution in [2.75, 3.05) is 6.61 Å². The number of para-hydroxylation sites is 1. The van der Waals surface area contributed by atoms with Gasteiger partial charge in [-0.15, -0.1) is 0 Å². The van der Waals surface area contributed by atoms with Crippen LogP contribution < -0.4 is 10.2 Å². The molecule has 0 saturated carbocycles. The normalized spacial score (nSPS) is 11.1. The number of ether oxygens (including phenoxy) is 1. The van der Waals surface area contributed by atoms with E-state index in [2.05, 4.69) is 26.5 Å². The van der Waals surface area contributed by atoms with Crippen LogP contribution in [-0.2, 0) is 4.79 Å². The fraction of sp³-hybridized carbons (Fsp3) is 0.176. The number of carbonyl (C=O) groups is 1. The Bertz CT molecular complexity index is 699. The van der Waals surface area contributed by atoms with Crippen LogP contribution in [0.25, 0.3) is 0 Å². The van der Waals surface area contributed by atoms with Gasteiger partial charge in [-0.3, -0.25) is 4.79 Å². The van der Waals surface area contributed by atoms with Crippen molar-refractivity contribution in [3.8, 4) is 5.75 Å². The largest absolute Gasteiger partial charge is 0.483 e. The number of rotatable bonds is 5. The Labute approximate surface area is 138 Å². The van der Waals surface area contributed by atoms with Crippen molar-refractivity contribution in [1.29, 1.82) is 0 Å². The maximum atomic E-state index is 11.8. The van der Waals surface area contributed by atoms with Crippen LogP contribution in [0.5, 0.6) is 5.75 Å². The average Bonchev–Trinajstić information content (AvgIpc) is 2.52. The van der Waals surface area contributed by atoms with Crippen molar-refractivity contribution in [2.24, 2.45) is 5.10 Å². The minimum absolute atomic E-state index is 0.0693. The summed E-state index contributed by atoms with van der Waals surface area (Å²) in [7, 11) is 0. The zero-order valence-corrected chi connectivity index (χ0v) is 14.1. The molecule has 0 saturated heterocycles. The van der Waals surface area contributed by atoms with Crippen molar-refractivity contribution in [1.82, 2.24) is 5.43 Å². The van der Waals surface area contributed by atoms with Gasteiger partial charge in [0, 0.05) is 4.47 Å². The highest BCUT2D eigenvalue weighted by molar-refractivity contribution is 9.10. The topological polar surface area (TPSA) is 50.7 Å². The van der Waals surface area contributed by atoms with E-state index in [1.54, 1.807) is 0 Å². The Kier molecular flexibility index (Phi) is 5.72. The Hall–Kier alpha value is -2.14. The van der Waals surface area contributed by atoms with Gasteiger partial charge in [0.15, 0.2) is 6.61 Å². The minimum atomic E-state index is -0.294. The highest BCUT2D eigenvalue weighted by Crippen LogP contribution is 2.15. The third-order valence-electron chi connectivity index (χ3n) is 3.04. The van der Waals surface area contributed by atoms with Gasteiger partial charge in [0.05, 0.1) is 5.71 Å². The van der Waals surface area contributed by atoms with Crippen LogP contribution in [0.1, 0.15) is 18.1 Å². The highest BCUT2D eigenvalue weighted by Gasteiger charge is 2.04. The number of hydrogen-bond acceptors (Lipinski definition) is 3. The molecule has 1 N–H and O–H groups in total. The molecule has 0 aliphatic rings. The molecule has 22 heavy (non-hydrogen) atoms. The molecule has 114 valence electrons. The summed E-state index contributed by atoms with van der Waals surface area (Å²) in [5, 5.41) is 4.09. The molecule has 0 heterocycles. The lowest BCUT2D eigenvalue weighted by atomic mass is 10.1. The van der Waals surface area contributed by atoms with E-state index in [4.69, 9.17) is 4.74 Å². The minimum Gasteiger partial charge on any atom is -0.483 e. The van der Waals surface area contributed by atoms with Gasteiger partial charge >= 0.3 is 0 Å². The molecule has 0 aromatic heterocycles. The zero-order valence-electron chi connectivity index (χ0n) is 12.5. The SMILES string of the molecule is C/C(=N/NC(=O)COc1ccccc1C)c1cccc(Br)c1. The number of nitrogens with zero attached hydrogens (tertiary/aromatic N) is 1. The summed E-state index contributed by atoms with van der Waals surface area (Å²) in [5.74, 6) is 0.406. The highest BCUT2D eigenvalue weighted by atomic mass is 79.9. The summed E-state index contributed by atoms with van der Waals surface area (Å²) in [6.45, 7) is 3.70. The molecule has 0 unspecified atom stereocenters. The van der Waals surface area contributed by atoms with E-state index in [0.717, 1.165) is 21.3 Å². The Morgan fingerprint density at radius 3 is 2.73 bits per heavy atom. The van der Waals surface area contributed by atoms with E-state index in [0.29, 0.717) is 5.75 Å². The van der Waals surface area contributed by atoms with Gasteiger partial charge in [0.25, 0.3) is 5.91 Å². The molecule has 1 amide bonds. The number of carbonyl (C=O) groups excluding carboxylic acids is 1. The van der Waals surface area contributed by atoms with Gasteiger partial charge in [-0.2, -0.15) is 5.10 Å². The molecule has 0 spiro atoms. The number of hydrogen-bond donors (Lipinski definition) is 1. The van der Waals surface area contributed by atoms with Crippen molar-refractivity contribution < 1.29 is 9.53 Å². The van der Waals surface area contributed by atoms with Crippen LogP contribution in [0, 0.1) is 6.92 Å². The van der Waals surface area contributed by atoms with Crippen LogP contribution in [0.2, 0.25) is 0 Å². The fourth-order valence-corrected chi connectivity index (χ4v) is 2.22. The summed E-state index contributed by atoms with van der Waals surface area (Å²) in [6, 6.07) is 15.3. The molecule has 2 aromatic carbocycles. The second kappa shape index (κ2) is 7.75. The molecule has 0 aliphatic heterocycles. The number of benzene rings is 2. The van der Waals surface area contributed by atoms with E-state index in [9.17, 15) is 4.79 Å². The molecule has 2 aromatic rings. The molecule has 0 atom stereocenters. The number of nitrogens with one attached hydrogen (secondary N) is 1. The molecule has 5 heteroatoms. The first-order valence-corrected chi connectivity index (χ1v) is 7.63. The third kappa shape index (κ3) is 4.70. The summed E-state index contributed by atoms with van der Waals surface area (Å²) < 4.78 is 6.43. The van der Waals surface area contributed by atoms with Gasteiger partial charge in [-0.1, -0.05) is 46.3 Å². The number of hydrazone groups is 1. The second-order valence-corrected chi connectivity index (χ2v) is 5.71. The summed E-state index contributed by atoms with van der Waals surface area (Å²) >= 11 is 3.41. The van der Waals surface area contributed by atoms with E-state index in [1.165, 1.54) is 0 Å². The molecular formula is C17H17BrN2O2. The smallest absolute Gasteiger partial charge is 0.277 e. The van der Waals surface area contributed by atoms with Crippen LogP contribution >= 0.6 is 15.9 Å². The van der Waals surface area contributed by atoms with Gasteiger partial charge < -0.3 is 4.74 Å². The molecule has 0 fully saturated rings.